The predicted molar refractivity (Wildman–Crippen MR) is 94.6 cm³/mol. The van der Waals surface area contributed by atoms with E-state index >= 15 is 0 Å². The van der Waals surface area contributed by atoms with Crippen LogP contribution in [0.4, 0.5) is 0 Å². The van der Waals surface area contributed by atoms with E-state index in [0.717, 1.165) is 5.56 Å². The quantitative estimate of drug-likeness (QED) is 0.744. The molecule has 0 radical (unpaired) electrons. The highest BCUT2D eigenvalue weighted by Gasteiger charge is 2.35. The first kappa shape index (κ1) is 16.8. The molecule has 1 atom stereocenters. The predicted octanol–water partition coefficient (Wildman–Crippen LogP) is 4.63. The lowest BCUT2D eigenvalue weighted by molar-refractivity contribution is 0.0518. The maximum atomic E-state index is 11.9. The second kappa shape index (κ2) is 6.83. The van der Waals surface area contributed by atoms with Gasteiger partial charge < -0.3 is 4.74 Å². The van der Waals surface area contributed by atoms with Gasteiger partial charge in [-0.05, 0) is 31.5 Å². The Morgan fingerprint density at radius 2 is 2.17 bits per heavy atom. The van der Waals surface area contributed by atoms with Crippen molar-refractivity contribution in [2.75, 3.05) is 6.61 Å². The summed E-state index contributed by atoms with van der Waals surface area (Å²) in [6, 6.07) is 7.05. The number of hydrogen-bond donors (Lipinski definition) is 0. The van der Waals surface area contributed by atoms with Gasteiger partial charge in [-0.2, -0.15) is 5.10 Å². The maximum Gasteiger partial charge on any atom is 0.358 e. The Hall–Kier alpha value is -2.04. The molecule has 2 aromatic rings. The van der Waals surface area contributed by atoms with Crippen LogP contribution >= 0.6 is 23.2 Å². The molecule has 0 spiro atoms. The number of rotatable bonds is 4. The van der Waals surface area contributed by atoms with E-state index in [0.29, 0.717) is 23.1 Å². The number of benzene rings is 1. The van der Waals surface area contributed by atoms with Crippen molar-refractivity contribution in [3.05, 3.63) is 76.1 Å². The minimum absolute atomic E-state index is 0.268. The van der Waals surface area contributed by atoms with Crippen LogP contribution in [-0.4, -0.2) is 22.4 Å². The second-order valence-corrected chi connectivity index (χ2v) is 6.25. The Balaban J connectivity index is 2.09. The Bertz CT molecular complexity index is 826. The summed E-state index contributed by atoms with van der Waals surface area (Å²) < 4.78 is 6.76. The third-order valence-corrected chi connectivity index (χ3v) is 4.48. The highest BCUT2D eigenvalue weighted by molar-refractivity contribution is 6.35. The molecule has 1 aliphatic rings. The van der Waals surface area contributed by atoms with Gasteiger partial charge >= 0.3 is 5.97 Å². The molecule has 1 aromatic carbocycles. The van der Waals surface area contributed by atoms with E-state index in [9.17, 15) is 4.79 Å². The van der Waals surface area contributed by atoms with Crippen LogP contribution in [-0.2, 0) is 10.3 Å². The number of halogens is 2. The van der Waals surface area contributed by atoms with E-state index in [1.807, 2.05) is 30.4 Å². The van der Waals surface area contributed by atoms with Crippen LogP contribution in [0.3, 0.4) is 0 Å². The molecule has 124 valence electrons. The number of carbonyl (C=O) groups excluding carboxylic acids is 1. The van der Waals surface area contributed by atoms with Crippen LogP contribution in [0.2, 0.25) is 10.0 Å². The minimum atomic E-state index is -0.610. The summed E-state index contributed by atoms with van der Waals surface area (Å²) in [5.74, 6) is -0.441. The fraction of sp³-hybridized carbons (Fsp3) is 0.222. The van der Waals surface area contributed by atoms with Crippen LogP contribution in [0, 0.1) is 0 Å². The van der Waals surface area contributed by atoms with Gasteiger partial charge in [-0.15, -0.1) is 0 Å². The molecule has 1 aliphatic carbocycles. The van der Waals surface area contributed by atoms with Crippen molar-refractivity contribution < 1.29 is 9.53 Å². The van der Waals surface area contributed by atoms with Crippen molar-refractivity contribution in [2.45, 2.75) is 18.9 Å². The normalized spacial score (nSPS) is 19.5. The zero-order valence-corrected chi connectivity index (χ0v) is 14.6. The average Bonchev–Trinajstić information content (AvgIpc) is 3.06. The van der Waals surface area contributed by atoms with E-state index in [1.165, 1.54) is 0 Å². The Labute approximate surface area is 150 Å². The first-order valence-electron chi connectivity index (χ1n) is 7.60. The molecular weight excluding hydrogens is 347 g/mol. The van der Waals surface area contributed by atoms with Gasteiger partial charge in [0.25, 0.3) is 0 Å². The van der Waals surface area contributed by atoms with Gasteiger partial charge in [0.2, 0.25) is 0 Å². The summed E-state index contributed by atoms with van der Waals surface area (Å²) in [6.45, 7) is 2.07. The van der Waals surface area contributed by atoms with Gasteiger partial charge in [-0.1, -0.05) is 53.6 Å². The molecule has 0 bridgehead atoms. The summed E-state index contributed by atoms with van der Waals surface area (Å²) in [7, 11) is 0. The van der Waals surface area contributed by atoms with Gasteiger partial charge in [0.1, 0.15) is 5.54 Å². The maximum absolute atomic E-state index is 11.9. The molecule has 0 N–H and O–H groups in total. The van der Waals surface area contributed by atoms with Crippen molar-refractivity contribution in [1.82, 2.24) is 9.78 Å². The molecule has 0 saturated heterocycles. The van der Waals surface area contributed by atoms with Gasteiger partial charge in [-0.3, -0.25) is 4.68 Å². The monoisotopic (exact) mass is 362 g/mol. The molecule has 1 heterocycles. The Morgan fingerprint density at radius 1 is 1.33 bits per heavy atom. The van der Waals surface area contributed by atoms with Crippen molar-refractivity contribution in [3.8, 4) is 0 Å². The number of hydrogen-bond acceptors (Lipinski definition) is 3. The number of esters is 1. The second-order valence-electron chi connectivity index (χ2n) is 5.41. The summed E-state index contributed by atoms with van der Waals surface area (Å²) >= 11 is 12.5. The lowest BCUT2D eigenvalue weighted by Gasteiger charge is -2.33. The van der Waals surface area contributed by atoms with Crippen LogP contribution in [0.5, 0.6) is 0 Å². The third-order valence-electron chi connectivity index (χ3n) is 3.93. The molecule has 0 saturated carbocycles. The van der Waals surface area contributed by atoms with E-state index in [-0.39, 0.29) is 5.69 Å². The fourth-order valence-corrected chi connectivity index (χ4v) is 3.37. The largest absolute Gasteiger partial charge is 0.461 e. The van der Waals surface area contributed by atoms with Gasteiger partial charge in [0, 0.05) is 21.8 Å². The minimum Gasteiger partial charge on any atom is -0.461 e. The summed E-state index contributed by atoms with van der Waals surface area (Å²) in [5.41, 5.74) is 0.526. The molecule has 0 aliphatic heterocycles. The molecule has 1 unspecified atom stereocenters. The number of allylic oxidation sites excluding steroid dienone is 4. The molecular formula is C18H16Cl2N2O2. The van der Waals surface area contributed by atoms with E-state index < -0.39 is 11.5 Å². The molecule has 24 heavy (non-hydrogen) atoms. The van der Waals surface area contributed by atoms with Crippen LogP contribution in [0.1, 0.15) is 29.4 Å². The highest BCUT2D eigenvalue weighted by Crippen LogP contribution is 2.39. The zero-order chi connectivity index (χ0) is 17.2. The zero-order valence-electron chi connectivity index (χ0n) is 13.1. The lowest BCUT2D eigenvalue weighted by Crippen LogP contribution is -2.34. The third kappa shape index (κ3) is 2.99. The van der Waals surface area contributed by atoms with Gasteiger partial charge in [0.05, 0.1) is 6.61 Å². The first-order valence-corrected chi connectivity index (χ1v) is 8.35. The molecule has 0 fully saturated rings. The summed E-state index contributed by atoms with van der Waals surface area (Å²) in [6.07, 6.45) is 10.4. The van der Waals surface area contributed by atoms with Crippen LogP contribution in [0.25, 0.3) is 0 Å². The standard InChI is InChI=1S/C18H16Cl2N2O2/c1-2-24-17(23)16-8-11-22(21-16)18(9-4-3-5-10-18)14-7-6-13(19)12-15(14)20/h3-9,11-12H,2,10H2,1H3. The smallest absolute Gasteiger partial charge is 0.358 e. The van der Waals surface area contributed by atoms with Crippen molar-refractivity contribution >= 4 is 29.2 Å². The average molecular weight is 363 g/mol. The number of carbonyl (C=O) groups is 1. The molecule has 1 aromatic heterocycles. The molecule has 4 nitrogen and oxygen atoms in total. The molecule has 0 amide bonds. The fourth-order valence-electron chi connectivity index (χ4n) is 2.80. The van der Waals surface area contributed by atoms with E-state index in [1.54, 1.807) is 36.0 Å². The topological polar surface area (TPSA) is 44.1 Å². The molecule has 3 rings (SSSR count). The summed E-state index contributed by atoms with van der Waals surface area (Å²) in [4.78, 5) is 11.9. The number of nitrogens with zero attached hydrogens (tertiary/aromatic N) is 2. The first-order chi connectivity index (χ1) is 11.6. The van der Waals surface area contributed by atoms with Crippen LogP contribution in [0.15, 0.2) is 54.8 Å². The van der Waals surface area contributed by atoms with Crippen molar-refractivity contribution in [3.63, 3.8) is 0 Å². The van der Waals surface area contributed by atoms with Gasteiger partial charge in [-0.25, -0.2) is 4.79 Å². The number of ether oxygens (including phenoxy) is 1. The van der Waals surface area contributed by atoms with Crippen molar-refractivity contribution in [2.24, 2.45) is 0 Å². The van der Waals surface area contributed by atoms with E-state index in [2.05, 4.69) is 5.10 Å². The Morgan fingerprint density at radius 3 is 2.83 bits per heavy atom. The number of aromatic nitrogens is 2. The van der Waals surface area contributed by atoms with Crippen molar-refractivity contribution in [1.29, 1.82) is 0 Å². The lowest BCUT2D eigenvalue weighted by atomic mass is 9.84. The van der Waals surface area contributed by atoms with Gasteiger partial charge in [0.15, 0.2) is 5.69 Å². The Kier molecular flexibility index (Phi) is 4.78. The highest BCUT2D eigenvalue weighted by atomic mass is 35.5. The SMILES string of the molecule is CCOC(=O)c1ccn(C2(c3ccc(Cl)cc3Cl)C=CC=CC2)n1. The van der Waals surface area contributed by atoms with E-state index in [4.69, 9.17) is 27.9 Å². The van der Waals surface area contributed by atoms with Crippen LogP contribution < -0.4 is 0 Å². The summed E-state index contributed by atoms with van der Waals surface area (Å²) in [5, 5.41) is 5.55. The molecule has 6 heteroatoms.